The molecule has 102 valence electrons. The Kier molecular flexibility index (Phi) is 3.66. The molecule has 1 aromatic carbocycles. The fourth-order valence-corrected chi connectivity index (χ4v) is 1.52. The molecule has 0 spiro atoms. The third-order valence-electron chi connectivity index (χ3n) is 2.93. The first-order chi connectivity index (χ1) is 8.86. The van der Waals surface area contributed by atoms with Gasteiger partial charge in [0, 0.05) is 5.56 Å². The van der Waals surface area contributed by atoms with Gasteiger partial charge in [0.25, 0.3) is 0 Å². The van der Waals surface area contributed by atoms with Crippen LogP contribution in [-0.4, -0.2) is 21.4 Å². The molecule has 1 N–H and O–H groups in total. The van der Waals surface area contributed by atoms with Gasteiger partial charge in [-0.3, -0.25) is 0 Å². The Labute approximate surface area is 111 Å². The lowest BCUT2D eigenvalue weighted by Gasteiger charge is -2.24. The summed E-state index contributed by atoms with van der Waals surface area (Å²) >= 11 is 0. The topological polar surface area (TPSA) is 59.2 Å². The number of nitrogens with zero attached hydrogens (tertiary/aromatic N) is 2. The van der Waals surface area contributed by atoms with E-state index in [2.05, 4.69) is 10.2 Å². The molecule has 0 aliphatic rings. The molecule has 0 unspecified atom stereocenters. The Morgan fingerprint density at radius 1 is 1.21 bits per heavy atom. The van der Waals surface area contributed by atoms with Gasteiger partial charge in [-0.25, -0.2) is 4.39 Å². The summed E-state index contributed by atoms with van der Waals surface area (Å²) in [5, 5.41) is 17.8. The van der Waals surface area contributed by atoms with Gasteiger partial charge in [0.15, 0.2) is 0 Å². The lowest BCUT2D eigenvalue weighted by molar-refractivity contribution is 0.0580. The monoisotopic (exact) mass is 264 g/mol. The lowest BCUT2D eigenvalue weighted by atomic mass is 9.87. The van der Waals surface area contributed by atoms with Crippen LogP contribution in [0.4, 0.5) is 4.39 Å². The minimum atomic E-state index is -0.561. The van der Waals surface area contributed by atoms with E-state index in [0.29, 0.717) is 23.8 Å². The van der Waals surface area contributed by atoms with E-state index in [-0.39, 0.29) is 11.2 Å². The maximum absolute atomic E-state index is 12.8. The summed E-state index contributed by atoms with van der Waals surface area (Å²) in [6, 6.07) is 5.83. The fourth-order valence-electron chi connectivity index (χ4n) is 1.52. The first kappa shape index (κ1) is 13.7. The first-order valence-electron chi connectivity index (χ1n) is 6.12. The smallest absolute Gasteiger partial charge is 0.247 e. The Balaban J connectivity index is 2.13. The highest BCUT2D eigenvalue weighted by Crippen LogP contribution is 2.24. The summed E-state index contributed by atoms with van der Waals surface area (Å²) in [6.07, 6.45) is -0.258. The summed E-state index contributed by atoms with van der Waals surface area (Å²) < 4.78 is 18.3. The minimum absolute atomic E-state index is 0.246. The van der Waals surface area contributed by atoms with Gasteiger partial charge in [0.1, 0.15) is 5.82 Å². The molecule has 2 aromatic rings. The van der Waals surface area contributed by atoms with Crippen LogP contribution in [0, 0.1) is 11.2 Å². The van der Waals surface area contributed by atoms with Crippen molar-refractivity contribution >= 4 is 0 Å². The van der Waals surface area contributed by atoms with Gasteiger partial charge in [-0.05, 0) is 29.7 Å². The van der Waals surface area contributed by atoms with E-state index in [1.807, 2.05) is 20.8 Å². The lowest BCUT2D eigenvalue weighted by Crippen LogP contribution is -2.28. The van der Waals surface area contributed by atoms with Crippen LogP contribution in [-0.2, 0) is 6.42 Å². The quantitative estimate of drug-likeness (QED) is 0.926. The Hall–Kier alpha value is -1.75. The number of rotatable bonds is 3. The number of aliphatic hydroxyl groups is 1. The number of aromatic nitrogens is 2. The predicted molar refractivity (Wildman–Crippen MR) is 68.9 cm³/mol. The van der Waals surface area contributed by atoms with Crippen LogP contribution in [0.15, 0.2) is 28.7 Å². The molecule has 1 heterocycles. The predicted octanol–water partition coefficient (Wildman–Crippen LogP) is 2.83. The van der Waals surface area contributed by atoms with Crippen molar-refractivity contribution in [1.82, 2.24) is 10.2 Å². The molecule has 0 aliphatic heterocycles. The molecule has 0 fully saturated rings. The molecule has 0 aliphatic carbocycles. The number of hydrogen-bond acceptors (Lipinski definition) is 4. The Bertz CT molecular complexity index is 543. The molecule has 0 saturated carbocycles. The molecular weight excluding hydrogens is 247 g/mol. The van der Waals surface area contributed by atoms with Crippen molar-refractivity contribution in [3.8, 4) is 11.5 Å². The number of benzene rings is 1. The highest BCUT2D eigenvalue weighted by molar-refractivity contribution is 5.51. The summed E-state index contributed by atoms with van der Waals surface area (Å²) in [7, 11) is 0. The van der Waals surface area contributed by atoms with E-state index in [4.69, 9.17) is 4.42 Å². The number of aliphatic hydroxyl groups excluding tert-OH is 1. The number of hydrogen-bond donors (Lipinski definition) is 1. The third-order valence-corrected chi connectivity index (χ3v) is 2.93. The molecule has 4 nitrogen and oxygen atoms in total. The third kappa shape index (κ3) is 3.38. The Morgan fingerprint density at radius 3 is 2.42 bits per heavy atom. The van der Waals surface area contributed by atoms with Gasteiger partial charge in [-0.15, -0.1) is 10.2 Å². The highest BCUT2D eigenvalue weighted by Gasteiger charge is 2.24. The summed E-state index contributed by atoms with van der Waals surface area (Å²) in [5.74, 6) is 0.393. The van der Waals surface area contributed by atoms with Crippen LogP contribution in [0.2, 0.25) is 0 Å². The average Bonchev–Trinajstić information content (AvgIpc) is 2.77. The van der Waals surface area contributed by atoms with Crippen LogP contribution in [0.3, 0.4) is 0 Å². The molecule has 1 atom stereocenters. The van der Waals surface area contributed by atoms with Gasteiger partial charge in [0.2, 0.25) is 11.8 Å². The second kappa shape index (κ2) is 5.09. The van der Waals surface area contributed by atoms with Crippen molar-refractivity contribution in [2.75, 3.05) is 0 Å². The highest BCUT2D eigenvalue weighted by atomic mass is 19.1. The minimum Gasteiger partial charge on any atom is -0.421 e. The summed E-state index contributed by atoms with van der Waals surface area (Å²) in [4.78, 5) is 0. The molecule has 2 rings (SSSR count). The molecule has 0 saturated heterocycles. The van der Waals surface area contributed by atoms with E-state index in [1.54, 1.807) is 12.1 Å². The molecule has 0 amide bonds. The second-order valence-corrected chi connectivity index (χ2v) is 5.59. The van der Waals surface area contributed by atoms with Crippen molar-refractivity contribution in [3.63, 3.8) is 0 Å². The van der Waals surface area contributed by atoms with Crippen LogP contribution < -0.4 is 0 Å². The largest absolute Gasteiger partial charge is 0.421 e. The fraction of sp³-hybridized carbons (Fsp3) is 0.429. The summed E-state index contributed by atoms with van der Waals surface area (Å²) in [5.41, 5.74) is 0.412. The van der Waals surface area contributed by atoms with Crippen LogP contribution in [0.5, 0.6) is 0 Å². The number of halogens is 1. The zero-order valence-electron chi connectivity index (χ0n) is 11.2. The van der Waals surface area contributed by atoms with E-state index >= 15 is 0 Å². The standard InChI is InChI=1S/C14H17FN2O2/c1-14(2,3)11(18)8-12-16-17-13(19-12)9-4-6-10(15)7-5-9/h4-7,11,18H,8H2,1-3H3/t11-/m0/s1. The zero-order chi connectivity index (χ0) is 14.0. The van der Waals surface area contributed by atoms with Crippen molar-refractivity contribution in [2.24, 2.45) is 5.41 Å². The average molecular weight is 264 g/mol. The maximum Gasteiger partial charge on any atom is 0.247 e. The molecule has 0 radical (unpaired) electrons. The van der Waals surface area contributed by atoms with E-state index in [9.17, 15) is 9.50 Å². The SMILES string of the molecule is CC(C)(C)[C@@H](O)Cc1nnc(-c2ccc(F)cc2)o1. The summed E-state index contributed by atoms with van der Waals surface area (Å²) in [6.45, 7) is 5.82. The van der Waals surface area contributed by atoms with Gasteiger partial charge in [-0.1, -0.05) is 20.8 Å². The maximum atomic E-state index is 12.8. The van der Waals surface area contributed by atoms with E-state index < -0.39 is 6.10 Å². The Morgan fingerprint density at radius 2 is 1.84 bits per heavy atom. The van der Waals surface area contributed by atoms with Crippen molar-refractivity contribution < 1.29 is 13.9 Å². The molecule has 5 heteroatoms. The molecular formula is C14H17FN2O2. The zero-order valence-corrected chi connectivity index (χ0v) is 11.2. The van der Waals surface area contributed by atoms with Gasteiger partial charge < -0.3 is 9.52 Å². The van der Waals surface area contributed by atoms with Crippen LogP contribution >= 0.6 is 0 Å². The van der Waals surface area contributed by atoms with Crippen LogP contribution in [0.25, 0.3) is 11.5 Å². The van der Waals surface area contributed by atoms with Crippen molar-refractivity contribution in [2.45, 2.75) is 33.3 Å². The molecule has 0 bridgehead atoms. The second-order valence-electron chi connectivity index (χ2n) is 5.59. The van der Waals surface area contributed by atoms with Gasteiger partial charge >= 0.3 is 0 Å². The van der Waals surface area contributed by atoms with Gasteiger partial charge in [-0.2, -0.15) is 0 Å². The van der Waals surface area contributed by atoms with Crippen LogP contribution in [0.1, 0.15) is 26.7 Å². The molecule has 19 heavy (non-hydrogen) atoms. The normalized spacial score (nSPS) is 13.5. The van der Waals surface area contributed by atoms with Crippen molar-refractivity contribution in [3.05, 3.63) is 36.0 Å². The van der Waals surface area contributed by atoms with E-state index in [0.717, 1.165) is 0 Å². The van der Waals surface area contributed by atoms with E-state index in [1.165, 1.54) is 12.1 Å². The molecule has 1 aromatic heterocycles. The van der Waals surface area contributed by atoms with Crippen molar-refractivity contribution in [1.29, 1.82) is 0 Å². The first-order valence-corrected chi connectivity index (χ1v) is 6.12. The van der Waals surface area contributed by atoms with Gasteiger partial charge in [0.05, 0.1) is 12.5 Å².